The molecule has 1 rings (SSSR count). The Hall–Kier alpha value is -1.71. The smallest absolute Gasteiger partial charge is 0.221 e. The zero-order valence-electron chi connectivity index (χ0n) is 9.96. The lowest BCUT2D eigenvalue weighted by atomic mass is 10.2. The van der Waals surface area contributed by atoms with Crippen LogP contribution in [0.5, 0.6) is 5.75 Å². The molecule has 4 nitrogen and oxygen atoms in total. The molecule has 0 saturated carbocycles. The number of rotatable bonds is 5. The Bertz CT molecular complexity index is 364. The summed E-state index contributed by atoms with van der Waals surface area (Å²) >= 11 is 0. The molecule has 16 heavy (non-hydrogen) atoms. The van der Waals surface area contributed by atoms with Crippen LogP contribution in [0.25, 0.3) is 0 Å². The van der Waals surface area contributed by atoms with E-state index < -0.39 is 0 Å². The summed E-state index contributed by atoms with van der Waals surface area (Å²) in [5, 5.41) is 5.77. The van der Waals surface area contributed by atoms with Crippen LogP contribution in [0.4, 0.5) is 5.69 Å². The van der Waals surface area contributed by atoms with Crippen molar-refractivity contribution in [1.29, 1.82) is 0 Å². The van der Waals surface area contributed by atoms with Crippen LogP contribution in [-0.4, -0.2) is 26.6 Å². The average Bonchev–Trinajstić information content (AvgIpc) is 2.29. The lowest BCUT2D eigenvalue weighted by molar-refractivity contribution is -0.120. The molecule has 1 aromatic carbocycles. The largest absolute Gasteiger partial charge is 0.495 e. The van der Waals surface area contributed by atoms with Crippen LogP contribution in [0.15, 0.2) is 18.2 Å². The van der Waals surface area contributed by atoms with Crippen molar-refractivity contribution in [3.05, 3.63) is 23.8 Å². The van der Waals surface area contributed by atoms with Gasteiger partial charge in [0, 0.05) is 20.0 Å². The summed E-state index contributed by atoms with van der Waals surface area (Å²) in [6.07, 6.45) is 0.452. The highest BCUT2D eigenvalue weighted by Gasteiger charge is 2.03. The van der Waals surface area contributed by atoms with Gasteiger partial charge < -0.3 is 15.4 Å². The van der Waals surface area contributed by atoms with E-state index in [1.165, 1.54) is 0 Å². The molecule has 0 unspecified atom stereocenters. The van der Waals surface area contributed by atoms with Crippen LogP contribution in [0.1, 0.15) is 12.0 Å². The first-order chi connectivity index (χ1) is 7.67. The Morgan fingerprint density at radius 2 is 2.19 bits per heavy atom. The van der Waals surface area contributed by atoms with Gasteiger partial charge in [-0.05, 0) is 24.6 Å². The highest BCUT2D eigenvalue weighted by atomic mass is 16.5. The molecule has 0 radical (unpaired) electrons. The molecule has 0 atom stereocenters. The highest BCUT2D eigenvalue weighted by molar-refractivity contribution is 5.76. The Kier molecular flexibility index (Phi) is 4.64. The van der Waals surface area contributed by atoms with Gasteiger partial charge in [0.05, 0.1) is 12.8 Å². The van der Waals surface area contributed by atoms with E-state index in [0.29, 0.717) is 13.0 Å². The molecule has 0 saturated heterocycles. The summed E-state index contributed by atoms with van der Waals surface area (Å²) in [5.41, 5.74) is 2.08. The van der Waals surface area contributed by atoms with Gasteiger partial charge in [-0.1, -0.05) is 6.07 Å². The number of benzene rings is 1. The summed E-state index contributed by atoms with van der Waals surface area (Å²) in [4.78, 5) is 11.0. The number of amides is 1. The Balaban J connectivity index is 2.58. The van der Waals surface area contributed by atoms with Gasteiger partial charge in [0.2, 0.25) is 5.91 Å². The van der Waals surface area contributed by atoms with Crippen molar-refractivity contribution in [3.8, 4) is 5.75 Å². The highest BCUT2D eigenvalue weighted by Crippen LogP contribution is 2.24. The van der Waals surface area contributed by atoms with Gasteiger partial charge in [0.1, 0.15) is 5.75 Å². The Labute approximate surface area is 96.0 Å². The summed E-state index contributed by atoms with van der Waals surface area (Å²) < 4.78 is 5.22. The Morgan fingerprint density at radius 3 is 2.81 bits per heavy atom. The predicted molar refractivity (Wildman–Crippen MR) is 64.9 cm³/mol. The average molecular weight is 222 g/mol. The van der Waals surface area contributed by atoms with Crippen LogP contribution >= 0.6 is 0 Å². The van der Waals surface area contributed by atoms with E-state index in [1.807, 2.05) is 25.1 Å². The summed E-state index contributed by atoms with van der Waals surface area (Å²) in [5.74, 6) is 0.821. The number of hydrogen-bond acceptors (Lipinski definition) is 3. The molecule has 0 aromatic heterocycles. The van der Waals surface area contributed by atoms with E-state index in [2.05, 4.69) is 10.6 Å². The maximum atomic E-state index is 11.0. The molecule has 0 spiro atoms. The van der Waals surface area contributed by atoms with Gasteiger partial charge in [0.15, 0.2) is 0 Å². The lowest BCUT2D eigenvalue weighted by Crippen LogP contribution is -2.20. The van der Waals surface area contributed by atoms with Crippen molar-refractivity contribution in [2.45, 2.75) is 13.3 Å². The van der Waals surface area contributed by atoms with E-state index >= 15 is 0 Å². The molecule has 0 heterocycles. The first kappa shape index (κ1) is 12.4. The van der Waals surface area contributed by atoms with Crippen LogP contribution in [-0.2, 0) is 4.79 Å². The second-order valence-corrected chi connectivity index (χ2v) is 3.55. The van der Waals surface area contributed by atoms with Gasteiger partial charge in [-0.3, -0.25) is 4.79 Å². The monoisotopic (exact) mass is 222 g/mol. The first-order valence-corrected chi connectivity index (χ1v) is 5.26. The summed E-state index contributed by atoms with van der Waals surface area (Å²) in [6, 6.07) is 5.91. The molecule has 4 heteroatoms. The Morgan fingerprint density at radius 1 is 1.44 bits per heavy atom. The molecule has 0 fully saturated rings. The third-order valence-corrected chi connectivity index (χ3v) is 2.30. The zero-order valence-corrected chi connectivity index (χ0v) is 9.96. The van der Waals surface area contributed by atoms with Gasteiger partial charge in [-0.2, -0.15) is 0 Å². The number of carbonyl (C=O) groups is 1. The second-order valence-electron chi connectivity index (χ2n) is 3.55. The minimum Gasteiger partial charge on any atom is -0.495 e. The summed E-state index contributed by atoms with van der Waals surface area (Å²) in [6.45, 7) is 2.61. The van der Waals surface area contributed by atoms with Crippen molar-refractivity contribution in [2.75, 3.05) is 26.0 Å². The van der Waals surface area contributed by atoms with E-state index in [4.69, 9.17) is 4.74 Å². The number of anilines is 1. The molecule has 1 amide bonds. The lowest BCUT2D eigenvalue weighted by Gasteiger charge is -2.11. The van der Waals surface area contributed by atoms with Gasteiger partial charge in [0.25, 0.3) is 0 Å². The van der Waals surface area contributed by atoms with Crippen molar-refractivity contribution >= 4 is 11.6 Å². The number of aryl methyl sites for hydroxylation is 1. The topological polar surface area (TPSA) is 50.4 Å². The maximum Gasteiger partial charge on any atom is 0.221 e. The third-order valence-electron chi connectivity index (χ3n) is 2.30. The molecular formula is C12H18N2O2. The minimum atomic E-state index is 0.0270. The fraction of sp³-hybridized carbons (Fsp3) is 0.417. The number of carbonyl (C=O) groups excluding carboxylic acids is 1. The molecule has 2 N–H and O–H groups in total. The molecule has 0 aliphatic rings. The van der Waals surface area contributed by atoms with Gasteiger partial charge in [-0.25, -0.2) is 0 Å². The van der Waals surface area contributed by atoms with Crippen molar-refractivity contribution in [1.82, 2.24) is 5.32 Å². The first-order valence-electron chi connectivity index (χ1n) is 5.26. The number of methoxy groups -OCH3 is 1. The third kappa shape index (κ3) is 3.46. The van der Waals surface area contributed by atoms with Crippen LogP contribution in [0.3, 0.4) is 0 Å². The SMILES string of the molecule is CNC(=O)CCNc1cc(C)ccc1OC. The van der Waals surface area contributed by atoms with Crippen molar-refractivity contribution in [2.24, 2.45) is 0 Å². The second kappa shape index (κ2) is 6.00. The molecular weight excluding hydrogens is 204 g/mol. The molecule has 0 bridgehead atoms. The molecule has 1 aromatic rings. The number of ether oxygens (including phenoxy) is 1. The molecule has 88 valence electrons. The normalized spacial score (nSPS) is 9.69. The van der Waals surface area contributed by atoms with E-state index in [-0.39, 0.29) is 5.91 Å². The fourth-order valence-corrected chi connectivity index (χ4v) is 1.40. The van der Waals surface area contributed by atoms with E-state index in [1.54, 1.807) is 14.2 Å². The number of hydrogen-bond donors (Lipinski definition) is 2. The van der Waals surface area contributed by atoms with Crippen molar-refractivity contribution < 1.29 is 9.53 Å². The zero-order chi connectivity index (χ0) is 12.0. The summed E-state index contributed by atoms with van der Waals surface area (Å²) in [7, 11) is 3.27. The van der Waals surface area contributed by atoms with Crippen LogP contribution in [0, 0.1) is 6.92 Å². The van der Waals surface area contributed by atoms with Crippen LogP contribution in [0.2, 0.25) is 0 Å². The van der Waals surface area contributed by atoms with E-state index in [9.17, 15) is 4.79 Å². The minimum absolute atomic E-state index is 0.0270. The fourth-order valence-electron chi connectivity index (χ4n) is 1.40. The van der Waals surface area contributed by atoms with Gasteiger partial charge >= 0.3 is 0 Å². The number of nitrogens with one attached hydrogen (secondary N) is 2. The van der Waals surface area contributed by atoms with E-state index in [0.717, 1.165) is 17.0 Å². The van der Waals surface area contributed by atoms with Crippen molar-refractivity contribution in [3.63, 3.8) is 0 Å². The van der Waals surface area contributed by atoms with Crippen LogP contribution < -0.4 is 15.4 Å². The standard InChI is InChI=1S/C12H18N2O2/c1-9-4-5-11(16-3)10(8-9)14-7-6-12(15)13-2/h4-5,8,14H,6-7H2,1-3H3,(H,13,15). The quantitative estimate of drug-likeness (QED) is 0.794. The predicted octanol–water partition coefficient (Wildman–Crippen LogP) is 1.55. The maximum absolute atomic E-state index is 11.0. The molecule has 0 aliphatic heterocycles. The molecule has 0 aliphatic carbocycles. The van der Waals surface area contributed by atoms with Gasteiger partial charge in [-0.15, -0.1) is 0 Å².